The van der Waals surface area contributed by atoms with Crippen LogP contribution in [0.1, 0.15) is 47.4 Å². The van der Waals surface area contributed by atoms with Crippen molar-refractivity contribution in [1.82, 2.24) is 24.0 Å². The fourth-order valence-electron chi connectivity index (χ4n) is 5.70. The standard InChI is InChI=1S/C27H29N9O4S2/c28-16-3-1-2-4-17(16)32-27-33-18(22(25(29)38)26-30-13-31-36(26)27)9-14-10-20(42-34-14)15-12-40-23-19(37)11-21(41-24(15)23)35-5-7-39-8-6-35/h10-13,16-17H,1-9,28H2,(H2,29,38)(H,32,33)/p+1/t16-,17+/m1/s1. The lowest BCUT2D eigenvalue weighted by Crippen LogP contribution is -2.68. The van der Waals surface area contributed by atoms with Crippen molar-refractivity contribution in [2.75, 3.05) is 36.5 Å². The number of anilines is 2. The van der Waals surface area contributed by atoms with Crippen LogP contribution in [0.2, 0.25) is 0 Å². The van der Waals surface area contributed by atoms with Crippen molar-refractivity contribution in [3.8, 4) is 10.4 Å². The molecule has 6 heterocycles. The summed E-state index contributed by atoms with van der Waals surface area (Å²) in [4.78, 5) is 37.7. The van der Waals surface area contributed by atoms with E-state index in [0.29, 0.717) is 41.8 Å². The molecule has 2 atom stereocenters. The fraction of sp³-hybridized carbons (Fsp3) is 0.407. The van der Waals surface area contributed by atoms with E-state index in [1.165, 1.54) is 33.7 Å². The molecular weight excluding hydrogens is 578 g/mol. The summed E-state index contributed by atoms with van der Waals surface area (Å²) in [5, 5.41) is 8.70. The van der Waals surface area contributed by atoms with Crippen molar-refractivity contribution >= 4 is 55.7 Å². The van der Waals surface area contributed by atoms with Crippen molar-refractivity contribution in [1.29, 1.82) is 0 Å². The normalized spacial score (nSPS) is 19.5. The third-order valence-electron chi connectivity index (χ3n) is 7.90. The Morgan fingerprint density at radius 2 is 2.05 bits per heavy atom. The maximum absolute atomic E-state index is 12.9. The molecule has 42 heavy (non-hydrogen) atoms. The van der Waals surface area contributed by atoms with E-state index in [1.54, 1.807) is 12.3 Å². The van der Waals surface area contributed by atoms with E-state index in [4.69, 9.17) is 19.9 Å². The van der Waals surface area contributed by atoms with E-state index in [9.17, 15) is 9.59 Å². The van der Waals surface area contributed by atoms with Crippen molar-refractivity contribution in [3.05, 3.63) is 51.9 Å². The molecule has 0 bridgehead atoms. The largest absolute Gasteiger partial charge is 0.459 e. The second-order valence-electron chi connectivity index (χ2n) is 10.6. The van der Waals surface area contributed by atoms with Gasteiger partial charge >= 0.3 is 0 Å². The zero-order chi connectivity index (χ0) is 28.8. The third-order valence-corrected chi connectivity index (χ3v) is 9.95. The molecule has 0 radical (unpaired) electrons. The first kappa shape index (κ1) is 26.9. The van der Waals surface area contributed by atoms with E-state index in [2.05, 4.69) is 30.4 Å². The van der Waals surface area contributed by atoms with Crippen molar-refractivity contribution in [2.24, 2.45) is 5.73 Å². The monoisotopic (exact) mass is 608 g/mol. The molecule has 1 saturated carbocycles. The number of amides is 1. The highest BCUT2D eigenvalue weighted by molar-refractivity contribution is 7.23. The van der Waals surface area contributed by atoms with Gasteiger partial charge in [-0.3, -0.25) is 9.59 Å². The van der Waals surface area contributed by atoms with Crippen molar-refractivity contribution < 1.29 is 19.7 Å². The lowest BCUT2D eigenvalue weighted by atomic mass is 9.91. The second-order valence-corrected chi connectivity index (χ2v) is 12.5. The number of hydrogen-bond donors (Lipinski definition) is 3. The van der Waals surface area contributed by atoms with Crippen LogP contribution in [0.25, 0.3) is 26.4 Å². The first-order valence-electron chi connectivity index (χ1n) is 13.9. The van der Waals surface area contributed by atoms with Gasteiger partial charge in [-0.2, -0.15) is 14.0 Å². The van der Waals surface area contributed by atoms with Crippen LogP contribution in [0, 0.1) is 0 Å². The van der Waals surface area contributed by atoms with Crippen LogP contribution in [0.4, 0.5) is 10.9 Å². The predicted octanol–water partition coefficient (Wildman–Crippen LogP) is 1.91. The Bertz CT molecular complexity index is 1840. The Hall–Kier alpha value is -3.92. The topological polar surface area (TPSA) is 181 Å². The van der Waals surface area contributed by atoms with Crippen LogP contribution >= 0.6 is 22.9 Å². The van der Waals surface area contributed by atoms with Crippen LogP contribution in [0.3, 0.4) is 0 Å². The number of quaternary nitrogens is 1. The highest BCUT2D eigenvalue weighted by Crippen LogP contribution is 2.38. The van der Waals surface area contributed by atoms with E-state index in [1.807, 2.05) is 6.07 Å². The molecule has 218 valence electrons. The van der Waals surface area contributed by atoms with Gasteiger partial charge in [-0.1, -0.05) is 6.42 Å². The molecule has 1 amide bonds. The summed E-state index contributed by atoms with van der Waals surface area (Å²) in [6.07, 6.45) is 7.56. The summed E-state index contributed by atoms with van der Waals surface area (Å²) in [5.74, 6) is -0.133. The number of furan rings is 1. The number of nitrogens with two attached hydrogens (primary N) is 1. The molecule has 1 aliphatic carbocycles. The van der Waals surface area contributed by atoms with Crippen LogP contribution in [-0.4, -0.2) is 68.2 Å². The number of primary amides is 1. The summed E-state index contributed by atoms with van der Waals surface area (Å²) in [7, 11) is 0. The number of ether oxygens (including phenoxy) is 1. The number of nitrogens with one attached hydrogen (secondary N) is 1. The predicted molar refractivity (Wildman–Crippen MR) is 159 cm³/mol. The SMILES string of the molecule is NC(=O)c1c(Cc2cc(-c3coc4c(=O)cc(N5CCOCC5)sc34)sn2)nc(N[C@H]2CCCC[C@H]2[NH3+])n2ncnc12. The fourth-order valence-corrected chi connectivity index (χ4v) is 7.73. The molecule has 2 fully saturated rings. The van der Waals surface area contributed by atoms with Gasteiger partial charge in [0.05, 0.1) is 45.2 Å². The van der Waals surface area contributed by atoms with Gasteiger partial charge in [-0.05, 0) is 30.4 Å². The Morgan fingerprint density at radius 3 is 2.86 bits per heavy atom. The first-order chi connectivity index (χ1) is 20.5. The average molecular weight is 609 g/mol. The lowest BCUT2D eigenvalue weighted by molar-refractivity contribution is -0.427. The molecule has 15 heteroatoms. The zero-order valence-electron chi connectivity index (χ0n) is 22.7. The minimum absolute atomic E-state index is 0.140. The molecule has 5 aromatic heterocycles. The van der Waals surface area contributed by atoms with E-state index < -0.39 is 5.91 Å². The Labute approximate surface area is 247 Å². The van der Waals surface area contributed by atoms with Gasteiger partial charge in [-0.15, -0.1) is 11.3 Å². The Kier molecular flexibility index (Phi) is 7.09. The van der Waals surface area contributed by atoms with Crippen LogP contribution in [-0.2, 0) is 11.2 Å². The molecule has 13 nitrogen and oxygen atoms in total. The van der Waals surface area contributed by atoms with Crippen molar-refractivity contribution in [3.63, 3.8) is 0 Å². The Morgan fingerprint density at radius 1 is 1.21 bits per heavy atom. The number of carbonyl (C=O) groups is 1. The van der Waals surface area contributed by atoms with E-state index in [-0.39, 0.29) is 29.5 Å². The maximum atomic E-state index is 12.9. The van der Waals surface area contributed by atoms with E-state index in [0.717, 1.165) is 58.9 Å². The number of fused-ring (bicyclic) bond motifs is 2. The average Bonchev–Trinajstić information content (AvgIpc) is 3.75. The zero-order valence-corrected chi connectivity index (χ0v) is 24.4. The second kappa shape index (κ2) is 11.1. The lowest BCUT2D eigenvalue weighted by Gasteiger charge is -2.27. The summed E-state index contributed by atoms with van der Waals surface area (Å²) in [5.41, 5.74) is 12.9. The molecule has 5 aromatic rings. The number of rotatable bonds is 7. The molecule has 7 rings (SSSR count). The quantitative estimate of drug-likeness (QED) is 0.247. The molecule has 1 aliphatic heterocycles. The Balaban J connectivity index is 1.23. The summed E-state index contributed by atoms with van der Waals surface area (Å²) in [6.45, 7) is 2.73. The minimum Gasteiger partial charge on any atom is -0.459 e. The van der Waals surface area contributed by atoms with Crippen molar-refractivity contribution in [2.45, 2.75) is 44.2 Å². The summed E-state index contributed by atoms with van der Waals surface area (Å²) < 4.78 is 18.2. The molecule has 1 saturated heterocycles. The van der Waals surface area contributed by atoms with Gasteiger partial charge in [0.25, 0.3) is 5.91 Å². The molecule has 6 N–H and O–H groups in total. The van der Waals surface area contributed by atoms with E-state index >= 15 is 0 Å². The molecular formula is C27H30N9O4S2+. The highest BCUT2D eigenvalue weighted by Gasteiger charge is 2.28. The number of morpholine rings is 1. The number of hydrogen-bond acceptors (Lipinski definition) is 12. The number of nitrogens with zero attached hydrogens (tertiary/aromatic N) is 6. The van der Waals surface area contributed by atoms with Crippen LogP contribution < -0.4 is 27.1 Å². The summed E-state index contributed by atoms with van der Waals surface area (Å²) in [6, 6.07) is 3.95. The number of carbonyl (C=O) groups excluding carboxylic acids is 1. The molecule has 0 unspecified atom stereocenters. The minimum atomic E-state index is -0.633. The molecule has 0 aromatic carbocycles. The van der Waals surface area contributed by atoms with Gasteiger partial charge in [0.15, 0.2) is 11.2 Å². The maximum Gasteiger partial charge on any atom is 0.254 e. The highest BCUT2D eigenvalue weighted by atomic mass is 32.1. The van der Waals surface area contributed by atoms with Gasteiger partial charge in [-0.25, -0.2) is 9.97 Å². The van der Waals surface area contributed by atoms with Gasteiger partial charge < -0.3 is 30.8 Å². The van der Waals surface area contributed by atoms with Gasteiger partial charge in [0, 0.05) is 37.6 Å². The van der Waals surface area contributed by atoms with Crippen LogP contribution in [0.5, 0.6) is 0 Å². The molecule has 2 aliphatic rings. The van der Waals surface area contributed by atoms with Gasteiger partial charge in [0.2, 0.25) is 11.4 Å². The summed E-state index contributed by atoms with van der Waals surface area (Å²) >= 11 is 2.83. The number of aromatic nitrogens is 5. The first-order valence-corrected chi connectivity index (χ1v) is 15.5. The van der Waals surface area contributed by atoms with Crippen LogP contribution in [0.15, 0.2) is 33.9 Å². The van der Waals surface area contributed by atoms with Gasteiger partial charge in [0.1, 0.15) is 24.2 Å². The smallest absolute Gasteiger partial charge is 0.254 e. The molecule has 0 spiro atoms. The third kappa shape index (κ3) is 4.91.